The minimum Gasteiger partial charge on any atom is -0.393 e. The van der Waals surface area contributed by atoms with Crippen LogP contribution < -0.4 is 0 Å². The SMILES string of the molecule is C[C@H]1[C@H](C)CC[C@]2(C)CC=C3[C@]4(C)CC[C@H]5C(C)(C)[C@@H](O)CC[C@]5(C)[C@H]4CC[C@@]3(C)[C@@H]12. The van der Waals surface area contributed by atoms with Crippen LogP contribution in [0.1, 0.15) is 113 Å². The molecule has 0 aromatic carbocycles. The molecule has 0 heterocycles. The second-order valence-corrected chi connectivity index (χ2v) is 14.7. The monoisotopic (exact) mass is 426 g/mol. The molecule has 0 aromatic rings. The molecule has 0 aliphatic heterocycles. The van der Waals surface area contributed by atoms with Gasteiger partial charge in [-0.25, -0.2) is 0 Å². The molecule has 0 saturated heterocycles. The fraction of sp³-hybridized carbons (Fsp3) is 0.933. The molecule has 0 unspecified atom stereocenters. The third kappa shape index (κ3) is 2.71. The van der Waals surface area contributed by atoms with E-state index >= 15 is 0 Å². The first-order valence-electron chi connectivity index (χ1n) is 13.7. The summed E-state index contributed by atoms with van der Waals surface area (Å²) in [5.41, 5.74) is 3.57. The molecular formula is C30H50O. The molecule has 0 aromatic heterocycles. The van der Waals surface area contributed by atoms with Gasteiger partial charge in [0.2, 0.25) is 0 Å². The third-order valence-electron chi connectivity index (χ3n) is 13.0. The average molecular weight is 427 g/mol. The number of allylic oxidation sites excluding steroid dienone is 2. The van der Waals surface area contributed by atoms with E-state index in [4.69, 9.17) is 0 Å². The number of rotatable bonds is 0. The van der Waals surface area contributed by atoms with Gasteiger partial charge in [0.05, 0.1) is 6.10 Å². The predicted octanol–water partition coefficient (Wildman–Crippen LogP) is 8.02. The summed E-state index contributed by atoms with van der Waals surface area (Å²) in [4.78, 5) is 0. The van der Waals surface area contributed by atoms with Gasteiger partial charge in [-0.2, -0.15) is 0 Å². The first-order valence-corrected chi connectivity index (χ1v) is 13.7. The van der Waals surface area contributed by atoms with Gasteiger partial charge in [0.25, 0.3) is 0 Å². The van der Waals surface area contributed by atoms with Gasteiger partial charge >= 0.3 is 0 Å². The van der Waals surface area contributed by atoms with E-state index in [0.717, 1.165) is 30.1 Å². The van der Waals surface area contributed by atoms with Gasteiger partial charge in [-0.05, 0) is 114 Å². The van der Waals surface area contributed by atoms with Crippen LogP contribution in [-0.4, -0.2) is 11.2 Å². The molecule has 0 amide bonds. The van der Waals surface area contributed by atoms with E-state index in [1.165, 1.54) is 51.4 Å². The summed E-state index contributed by atoms with van der Waals surface area (Å²) in [5, 5.41) is 10.9. The lowest BCUT2D eigenvalue weighted by Crippen LogP contribution is -2.63. The zero-order valence-corrected chi connectivity index (χ0v) is 21.9. The van der Waals surface area contributed by atoms with Gasteiger partial charge in [0, 0.05) is 0 Å². The van der Waals surface area contributed by atoms with Crippen LogP contribution in [0.4, 0.5) is 0 Å². The van der Waals surface area contributed by atoms with Crippen molar-refractivity contribution in [3.05, 3.63) is 11.6 Å². The van der Waals surface area contributed by atoms with E-state index in [2.05, 4.69) is 61.5 Å². The van der Waals surface area contributed by atoms with Gasteiger partial charge in [-0.15, -0.1) is 0 Å². The summed E-state index contributed by atoms with van der Waals surface area (Å²) in [6, 6.07) is 0. The van der Waals surface area contributed by atoms with E-state index in [9.17, 15) is 5.11 Å². The van der Waals surface area contributed by atoms with Crippen molar-refractivity contribution in [2.24, 2.45) is 56.7 Å². The van der Waals surface area contributed by atoms with E-state index in [1.54, 1.807) is 0 Å². The molecule has 4 fully saturated rings. The first-order chi connectivity index (χ1) is 14.3. The number of aliphatic hydroxyl groups is 1. The Labute approximate surface area is 192 Å². The molecule has 10 atom stereocenters. The molecule has 5 aliphatic rings. The van der Waals surface area contributed by atoms with Crippen LogP contribution in [0, 0.1) is 56.7 Å². The highest BCUT2D eigenvalue weighted by atomic mass is 16.3. The molecule has 1 heteroatoms. The molecule has 31 heavy (non-hydrogen) atoms. The molecule has 0 radical (unpaired) electrons. The van der Waals surface area contributed by atoms with Crippen LogP contribution in [0.2, 0.25) is 0 Å². The number of aliphatic hydroxyl groups excluding tert-OH is 1. The van der Waals surface area contributed by atoms with Crippen molar-refractivity contribution in [2.75, 3.05) is 0 Å². The Morgan fingerprint density at radius 3 is 2.13 bits per heavy atom. The van der Waals surface area contributed by atoms with Crippen LogP contribution in [0.3, 0.4) is 0 Å². The van der Waals surface area contributed by atoms with Crippen molar-refractivity contribution < 1.29 is 5.11 Å². The molecule has 4 saturated carbocycles. The maximum Gasteiger partial charge on any atom is 0.0594 e. The molecule has 5 rings (SSSR count). The largest absolute Gasteiger partial charge is 0.393 e. The predicted molar refractivity (Wildman–Crippen MR) is 131 cm³/mol. The number of fused-ring (bicyclic) bond motifs is 7. The summed E-state index contributed by atoms with van der Waals surface area (Å²) >= 11 is 0. The minimum absolute atomic E-state index is 0.0575. The Morgan fingerprint density at radius 1 is 0.774 bits per heavy atom. The van der Waals surface area contributed by atoms with Crippen LogP contribution in [0.25, 0.3) is 0 Å². The fourth-order valence-corrected chi connectivity index (χ4v) is 11.4. The van der Waals surface area contributed by atoms with Crippen molar-refractivity contribution in [2.45, 2.75) is 119 Å². The highest BCUT2D eigenvalue weighted by Gasteiger charge is 2.67. The summed E-state index contributed by atoms with van der Waals surface area (Å²) in [5.74, 6) is 3.99. The lowest BCUT2D eigenvalue weighted by Gasteiger charge is -2.70. The third-order valence-corrected chi connectivity index (χ3v) is 13.0. The van der Waals surface area contributed by atoms with Gasteiger partial charge in [-0.1, -0.05) is 67.0 Å². The molecule has 0 spiro atoms. The van der Waals surface area contributed by atoms with E-state index < -0.39 is 0 Å². The van der Waals surface area contributed by atoms with Crippen molar-refractivity contribution >= 4 is 0 Å². The average Bonchev–Trinajstić information content (AvgIpc) is 2.67. The number of hydrogen-bond acceptors (Lipinski definition) is 1. The summed E-state index contributed by atoms with van der Waals surface area (Å²) in [6.45, 7) is 20.5. The zero-order valence-electron chi connectivity index (χ0n) is 21.9. The zero-order chi connectivity index (χ0) is 22.6. The Balaban J connectivity index is 1.57. The highest BCUT2D eigenvalue weighted by molar-refractivity contribution is 5.34. The molecule has 1 N–H and O–H groups in total. The van der Waals surface area contributed by atoms with Crippen LogP contribution >= 0.6 is 0 Å². The van der Waals surface area contributed by atoms with Gasteiger partial charge in [-0.3, -0.25) is 0 Å². The van der Waals surface area contributed by atoms with Crippen LogP contribution in [-0.2, 0) is 0 Å². The van der Waals surface area contributed by atoms with Crippen molar-refractivity contribution in [1.29, 1.82) is 0 Å². The van der Waals surface area contributed by atoms with E-state index in [1.807, 2.05) is 5.57 Å². The van der Waals surface area contributed by atoms with Gasteiger partial charge < -0.3 is 5.11 Å². The summed E-state index contributed by atoms with van der Waals surface area (Å²) in [7, 11) is 0. The molecule has 1 nitrogen and oxygen atoms in total. The van der Waals surface area contributed by atoms with Crippen molar-refractivity contribution in [3.63, 3.8) is 0 Å². The Kier molecular flexibility index (Phi) is 4.82. The molecule has 0 bridgehead atoms. The van der Waals surface area contributed by atoms with Crippen LogP contribution in [0.15, 0.2) is 11.6 Å². The fourth-order valence-electron chi connectivity index (χ4n) is 11.4. The molecular weight excluding hydrogens is 376 g/mol. The second-order valence-electron chi connectivity index (χ2n) is 14.7. The quantitative estimate of drug-likeness (QED) is 0.389. The summed E-state index contributed by atoms with van der Waals surface area (Å²) in [6.07, 6.45) is 14.5. The number of hydrogen-bond donors (Lipinski definition) is 1. The maximum absolute atomic E-state index is 10.9. The Morgan fingerprint density at radius 2 is 1.42 bits per heavy atom. The highest BCUT2D eigenvalue weighted by Crippen LogP contribution is 2.74. The lowest BCUT2D eigenvalue weighted by molar-refractivity contribution is -0.185. The normalized spacial score (nSPS) is 58.3. The Bertz CT molecular complexity index is 779. The van der Waals surface area contributed by atoms with E-state index in [0.29, 0.717) is 27.6 Å². The topological polar surface area (TPSA) is 20.2 Å². The Hall–Kier alpha value is -0.300. The minimum atomic E-state index is -0.122. The smallest absolute Gasteiger partial charge is 0.0594 e. The molecule has 176 valence electrons. The summed E-state index contributed by atoms with van der Waals surface area (Å²) < 4.78 is 0. The molecule has 5 aliphatic carbocycles. The second kappa shape index (κ2) is 6.64. The standard InChI is InChI=1S/C30H50O/c1-19-9-14-27(5)15-10-23-29(7)16-11-21-26(3,4)24(31)13-18-28(21,6)22(29)12-17-30(23,8)25(27)20(19)2/h10,19-22,24-25,31H,9,11-18H2,1-8H3/t19-,20+,21+,22-,24+,25+,27-,28+,29-,30-/m1/s1. The van der Waals surface area contributed by atoms with Crippen molar-refractivity contribution in [3.8, 4) is 0 Å². The van der Waals surface area contributed by atoms with Crippen molar-refractivity contribution in [1.82, 2.24) is 0 Å². The first kappa shape index (κ1) is 22.5. The van der Waals surface area contributed by atoms with E-state index in [-0.39, 0.29) is 11.5 Å². The van der Waals surface area contributed by atoms with Gasteiger partial charge in [0.1, 0.15) is 0 Å². The van der Waals surface area contributed by atoms with Crippen LogP contribution in [0.5, 0.6) is 0 Å². The maximum atomic E-state index is 10.9. The lowest BCUT2D eigenvalue weighted by atomic mass is 9.34. The van der Waals surface area contributed by atoms with Gasteiger partial charge in [0.15, 0.2) is 0 Å².